The maximum absolute atomic E-state index is 13.4. The van der Waals surface area contributed by atoms with Gasteiger partial charge in [-0.1, -0.05) is 6.07 Å². The minimum absolute atomic E-state index is 0.0296. The topological polar surface area (TPSA) is 80.3 Å². The van der Waals surface area contributed by atoms with E-state index in [0.29, 0.717) is 29.6 Å². The lowest BCUT2D eigenvalue weighted by Gasteiger charge is -2.21. The summed E-state index contributed by atoms with van der Waals surface area (Å²) in [6.07, 6.45) is 7.64. The van der Waals surface area contributed by atoms with E-state index in [1.807, 2.05) is 41.4 Å². The van der Waals surface area contributed by atoms with Gasteiger partial charge in [-0.15, -0.1) is 0 Å². The molecule has 1 aromatic carbocycles. The number of aromatic nitrogens is 3. The number of fused-ring (bicyclic) bond motifs is 1. The number of nitrogens with zero attached hydrogens (tertiary/aromatic N) is 3. The number of pyridine rings is 2. The van der Waals surface area contributed by atoms with Gasteiger partial charge in [-0.05, 0) is 80.1 Å². The Bertz CT molecular complexity index is 1290. The molecule has 0 saturated carbocycles. The summed E-state index contributed by atoms with van der Waals surface area (Å²) in [6.45, 7) is 1.81. The van der Waals surface area contributed by atoms with E-state index in [2.05, 4.69) is 22.1 Å². The molecule has 1 N–H and O–H groups in total. The first kappa shape index (κ1) is 22.9. The minimum Gasteiger partial charge on any atom is -0.493 e. The Morgan fingerprint density at radius 2 is 2.00 bits per heavy atom. The van der Waals surface area contributed by atoms with Gasteiger partial charge in [-0.3, -0.25) is 9.78 Å². The fourth-order valence-corrected chi connectivity index (χ4v) is 4.69. The van der Waals surface area contributed by atoms with Gasteiger partial charge in [0.05, 0.1) is 12.8 Å². The second-order valence-corrected chi connectivity index (χ2v) is 8.99. The fourth-order valence-electron chi connectivity index (χ4n) is 4.69. The first-order valence-electron chi connectivity index (χ1n) is 12.1. The molecule has 0 aliphatic carbocycles. The number of nitrogens with one attached hydrogen (secondary N) is 1. The van der Waals surface area contributed by atoms with Crippen molar-refractivity contribution in [2.45, 2.75) is 32.3 Å². The van der Waals surface area contributed by atoms with Gasteiger partial charge >= 0.3 is 0 Å². The molecule has 180 valence electrons. The number of likely N-dealkylation sites (tertiary alicyclic amines) is 1. The summed E-state index contributed by atoms with van der Waals surface area (Å²) < 4.78 is 11.4. The molecule has 0 bridgehead atoms. The van der Waals surface area contributed by atoms with Gasteiger partial charge in [0.15, 0.2) is 11.5 Å². The number of amides is 1. The lowest BCUT2D eigenvalue weighted by molar-refractivity contribution is 0.0759. The maximum Gasteiger partial charge on any atom is 0.253 e. The van der Waals surface area contributed by atoms with Crippen molar-refractivity contribution >= 4 is 16.9 Å². The average Bonchev–Trinajstić information content (AvgIpc) is 3.25. The van der Waals surface area contributed by atoms with Crippen molar-refractivity contribution in [2.24, 2.45) is 5.92 Å². The van der Waals surface area contributed by atoms with E-state index >= 15 is 0 Å². The number of hydrogen-bond acceptors (Lipinski definition) is 5. The number of benzene rings is 1. The van der Waals surface area contributed by atoms with E-state index in [1.54, 1.807) is 25.4 Å². The van der Waals surface area contributed by atoms with Crippen molar-refractivity contribution in [1.29, 1.82) is 0 Å². The van der Waals surface area contributed by atoms with E-state index in [9.17, 15) is 4.79 Å². The zero-order chi connectivity index (χ0) is 24.0. The molecule has 1 fully saturated rings. The highest BCUT2D eigenvalue weighted by atomic mass is 16.5. The molecule has 1 aliphatic heterocycles. The number of methoxy groups -OCH3 is 1. The molecule has 1 atom stereocenters. The molecule has 7 nitrogen and oxygen atoms in total. The van der Waals surface area contributed by atoms with Crippen molar-refractivity contribution in [3.05, 3.63) is 83.9 Å². The fraction of sp³-hybridized carbons (Fsp3) is 0.321. The third-order valence-electron chi connectivity index (χ3n) is 6.61. The van der Waals surface area contributed by atoms with Gasteiger partial charge < -0.3 is 19.4 Å². The SMILES string of the molecule is COc1ccc(C(=O)N2CCC[C@@H](Cc3ccc4cc[nH]c4n3)CC2)cc1OCc1ccccn1. The molecular weight excluding hydrogens is 440 g/mol. The summed E-state index contributed by atoms with van der Waals surface area (Å²) in [4.78, 5) is 27.6. The summed E-state index contributed by atoms with van der Waals surface area (Å²) >= 11 is 0. The number of carbonyl (C=O) groups is 1. The van der Waals surface area contributed by atoms with Gasteiger partial charge in [0.25, 0.3) is 5.91 Å². The Morgan fingerprint density at radius 3 is 2.86 bits per heavy atom. The Balaban J connectivity index is 1.23. The van der Waals surface area contributed by atoms with Crippen molar-refractivity contribution in [3.63, 3.8) is 0 Å². The van der Waals surface area contributed by atoms with Crippen LogP contribution in [0.2, 0.25) is 0 Å². The van der Waals surface area contributed by atoms with Crippen LogP contribution in [0.25, 0.3) is 11.0 Å². The first-order chi connectivity index (χ1) is 17.2. The number of ether oxygens (including phenoxy) is 2. The second-order valence-electron chi connectivity index (χ2n) is 8.99. The van der Waals surface area contributed by atoms with Crippen LogP contribution in [0, 0.1) is 5.92 Å². The van der Waals surface area contributed by atoms with Crippen LogP contribution in [0.1, 0.15) is 41.0 Å². The highest BCUT2D eigenvalue weighted by Crippen LogP contribution is 2.30. The van der Waals surface area contributed by atoms with Crippen molar-refractivity contribution in [3.8, 4) is 11.5 Å². The van der Waals surface area contributed by atoms with E-state index in [-0.39, 0.29) is 5.91 Å². The highest BCUT2D eigenvalue weighted by Gasteiger charge is 2.23. The third kappa shape index (κ3) is 5.45. The molecule has 5 rings (SSSR count). The monoisotopic (exact) mass is 470 g/mol. The van der Waals surface area contributed by atoms with Gasteiger partial charge in [0.1, 0.15) is 12.3 Å². The maximum atomic E-state index is 13.4. The molecule has 1 amide bonds. The van der Waals surface area contributed by atoms with E-state index in [0.717, 1.165) is 61.2 Å². The lowest BCUT2D eigenvalue weighted by atomic mass is 9.95. The molecule has 3 aromatic heterocycles. The molecular formula is C28H30N4O3. The summed E-state index contributed by atoms with van der Waals surface area (Å²) in [6, 6.07) is 17.4. The van der Waals surface area contributed by atoms with E-state index in [1.165, 1.54) is 0 Å². The quantitative estimate of drug-likeness (QED) is 0.410. The van der Waals surface area contributed by atoms with Crippen molar-refractivity contribution in [2.75, 3.05) is 20.2 Å². The van der Waals surface area contributed by atoms with Crippen LogP contribution in [0.15, 0.2) is 67.0 Å². The standard InChI is InChI=1S/C28H30N4O3/c1-34-25-10-8-22(18-26(25)35-19-24-6-2-3-13-29-24)28(33)32-15-4-5-20(12-16-32)17-23-9-7-21-11-14-30-27(21)31-23/h2-3,6-11,13-14,18,20H,4-5,12,15-17,19H2,1H3,(H,30,31)/t20-/m1/s1. The van der Waals surface area contributed by atoms with Gasteiger partial charge in [0, 0.05) is 42.1 Å². The number of rotatable bonds is 7. The Kier molecular flexibility index (Phi) is 6.93. The van der Waals surface area contributed by atoms with Gasteiger partial charge in [-0.2, -0.15) is 0 Å². The molecule has 1 aliphatic rings. The Labute approximate surface area is 205 Å². The molecule has 0 unspecified atom stereocenters. The minimum atomic E-state index is 0.0296. The molecule has 0 radical (unpaired) electrons. The van der Waals surface area contributed by atoms with Crippen LogP contribution in [0.4, 0.5) is 0 Å². The second kappa shape index (κ2) is 10.6. The zero-order valence-electron chi connectivity index (χ0n) is 19.9. The van der Waals surface area contributed by atoms with Crippen LogP contribution >= 0.6 is 0 Å². The highest BCUT2D eigenvalue weighted by molar-refractivity contribution is 5.95. The van der Waals surface area contributed by atoms with Crippen molar-refractivity contribution in [1.82, 2.24) is 19.9 Å². The first-order valence-corrected chi connectivity index (χ1v) is 12.1. The van der Waals surface area contributed by atoms with Crippen LogP contribution in [-0.4, -0.2) is 46.0 Å². The van der Waals surface area contributed by atoms with E-state index < -0.39 is 0 Å². The molecule has 1 saturated heterocycles. The zero-order valence-corrected chi connectivity index (χ0v) is 19.9. The summed E-state index contributed by atoms with van der Waals surface area (Å²) in [5.41, 5.74) is 3.47. The number of aromatic amines is 1. The van der Waals surface area contributed by atoms with Crippen LogP contribution in [0.5, 0.6) is 11.5 Å². The largest absolute Gasteiger partial charge is 0.493 e. The summed E-state index contributed by atoms with van der Waals surface area (Å²) in [7, 11) is 1.60. The molecule has 35 heavy (non-hydrogen) atoms. The number of hydrogen-bond donors (Lipinski definition) is 1. The van der Waals surface area contributed by atoms with Crippen molar-refractivity contribution < 1.29 is 14.3 Å². The third-order valence-corrected chi connectivity index (χ3v) is 6.61. The molecule has 4 aromatic rings. The predicted molar refractivity (Wildman–Crippen MR) is 135 cm³/mol. The summed E-state index contributed by atoms with van der Waals surface area (Å²) in [5.74, 6) is 1.69. The lowest BCUT2D eigenvalue weighted by Crippen LogP contribution is -2.32. The van der Waals surface area contributed by atoms with Crippen LogP contribution in [0.3, 0.4) is 0 Å². The van der Waals surface area contributed by atoms with E-state index in [4.69, 9.17) is 14.5 Å². The van der Waals surface area contributed by atoms with Crippen LogP contribution < -0.4 is 9.47 Å². The smallest absolute Gasteiger partial charge is 0.253 e. The normalized spacial score (nSPS) is 16.1. The predicted octanol–water partition coefficient (Wildman–Crippen LogP) is 5.03. The molecule has 0 spiro atoms. The van der Waals surface area contributed by atoms with Gasteiger partial charge in [-0.25, -0.2) is 4.98 Å². The van der Waals surface area contributed by atoms with Gasteiger partial charge in [0.2, 0.25) is 0 Å². The van der Waals surface area contributed by atoms with Crippen LogP contribution in [-0.2, 0) is 13.0 Å². The number of carbonyl (C=O) groups excluding carboxylic acids is 1. The Hall–Kier alpha value is -3.87. The Morgan fingerprint density at radius 1 is 1.06 bits per heavy atom. The average molecular weight is 471 g/mol. The summed E-state index contributed by atoms with van der Waals surface area (Å²) in [5, 5.41) is 1.13. The number of H-pyrrole nitrogens is 1. The molecule has 4 heterocycles. The molecule has 7 heteroatoms.